The van der Waals surface area contributed by atoms with Gasteiger partial charge >= 0.3 is 0 Å². The zero-order valence-electron chi connectivity index (χ0n) is 8.49. The summed E-state index contributed by atoms with van der Waals surface area (Å²) < 4.78 is 6.11. The first kappa shape index (κ1) is 9.59. The maximum absolute atomic E-state index is 5.42. The number of nitrogens with zero attached hydrogens (tertiary/aromatic N) is 2. The van der Waals surface area contributed by atoms with Crippen molar-refractivity contribution in [1.29, 1.82) is 0 Å². The molecule has 0 aromatic carbocycles. The minimum absolute atomic E-state index is 0.687. The van der Waals surface area contributed by atoms with Gasteiger partial charge in [0.05, 0.1) is 5.52 Å². The van der Waals surface area contributed by atoms with Gasteiger partial charge in [0.15, 0.2) is 21.9 Å². The summed E-state index contributed by atoms with van der Waals surface area (Å²) in [5.41, 5.74) is 2.72. The predicted octanol–water partition coefficient (Wildman–Crippen LogP) is 3.29. The molecule has 5 heteroatoms. The Bertz CT molecular complexity index is 656. The lowest BCUT2D eigenvalue weighted by Gasteiger charge is -1.88. The number of hydrogen-bond acceptors (Lipinski definition) is 3. The van der Waals surface area contributed by atoms with E-state index in [1.54, 1.807) is 6.20 Å². The second-order valence-electron chi connectivity index (χ2n) is 3.57. The van der Waals surface area contributed by atoms with Gasteiger partial charge in [-0.15, -0.1) is 0 Å². The van der Waals surface area contributed by atoms with E-state index in [4.69, 9.17) is 4.42 Å². The number of furan rings is 1. The van der Waals surface area contributed by atoms with Crippen molar-refractivity contribution in [2.45, 2.75) is 6.92 Å². The fourth-order valence-corrected chi connectivity index (χ4v) is 1.87. The summed E-state index contributed by atoms with van der Waals surface area (Å²) in [7, 11) is 0. The molecule has 1 N–H and O–H groups in total. The number of hydrogen-bond donors (Lipinski definition) is 1. The molecule has 0 aliphatic rings. The Labute approximate surface area is 99.8 Å². The van der Waals surface area contributed by atoms with Crippen LogP contribution in [-0.2, 0) is 0 Å². The first-order chi connectivity index (χ1) is 7.72. The molecule has 0 fully saturated rings. The lowest BCUT2D eigenvalue weighted by molar-refractivity contribution is 0.552. The van der Waals surface area contributed by atoms with Crippen LogP contribution in [0.25, 0.3) is 22.7 Å². The number of aromatic nitrogens is 3. The van der Waals surface area contributed by atoms with E-state index in [2.05, 4.69) is 30.9 Å². The fraction of sp³-hybridized carbons (Fsp3) is 0.0909. The van der Waals surface area contributed by atoms with Crippen molar-refractivity contribution in [2.75, 3.05) is 0 Å². The SMILES string of the molecule is Cc1cnc2nc(-c3ccc(Br)o3)[nH]c2c1. The van der Waals surface area contributed by atoms with Gasteiger partial charge in [-0.1, -0.05) is 0 Å². The smallest absolute Gasteiger partial charge is 0.178 e. The van der Waals surface area contributed by atoms with Crippen molar-refractivity contribution in [3.63, 3.8) is 0 Å². The third-order valence-corrected chi connectivity index (χ3v) is 2.71. The van der Waals surface area contributed by atoms with E-state index in [-0.39, 0.29) is 0 Å². The largest absolute Gasteiger partial charge is 0.446 e. The van der Waals surface area contributed by atoms with E-state index in [1.807, 2.05) is 25.1 Å². The topological polar surface area (TPSA) is 54.7 Å². The van der Waals surface area contributed by atoms with E-state index < -0.39 is 0 Å². The van der Waals surface area contributed by atoms with Crippen molar-refractivity contribution in [2.24, 2.45) is 0 Å². The van der Waals surface area contributed by atoms with Crippen molar-refractivity contribution in [3.8, 4) is 11.6 Å². The molecule has 4 nitrogen and oxygen atoms in total. The Kier molecular flexibility index (Phi) is 2.07. The molecule has 3 heterocycles. The van der Waals surface area contributed by atoms with Gasteiger partial charge in [0.25, 0.3) is 0 Å². The molecule has 0 radical (unpaired) electrons. The summed E-state index contributed by atoms with van der Waals surface area (Å²) >= 11 is 3.26. The van der Waals surface area contributed by atoms with Gasteiger partial charge < -0.3 is 9.40 Å². The number of halogens is 1. The summed E-state index contributed by atoms with van der Waals surface area (Å²) in [6.07, 6.45) is 1.80. The molecule has 0 amide bonds. The predicted molar refractivity (Wildman–Crippen MR) is 64.0 cm³/mol. The average Bonchev–Trinajstić information content (AvgIpc) is 2.83. The number of H-pyrrole nitrogens is 1. The van der Waals surface area contributed by atoms with E-state index in [9.17, 15) is 0 Å². The maximum atomic E-state index is 5.42. The summed E-state index contributed by atoms with van der Waals surface area (Å²) in [6.45, 7) is 2.00. The molecular weight excluding hydrogens is 270 g/mol. The van der Waals surface area contributed by atoms with Gasteiger partial charge in [0.1, 0.15) is 0 Å². The fourth-order valence-electron chi connectivity index (χ4n) is 1.56. The zero-order valence-corrected chi connectivity index (χ0v) is 10.1. The lowest BCUT2D eigenvalue weighted by atomic mass is 10.3. The van der Waals surface area contributed by atoms with Crippen molar-refractivity contribution >= 4 is 27.1 Å². The molecule has 0 unspecified atom stereocenters. The Morgan fingerprint density at radius 2 is 2.25 bits per heavy atom. The van der Waals surface area contributed by atoms with Gasteiger partial charge in [0.2, 0.25) is 0 Å². The van der Waals surface area contributed by atoms with E-state index in [0.717, 1.165) is 11.1 Å². The van der Waals surface area contributed by atoms with Crippen LogP contribution in [0, 0.1) is 6.92 Å². The Balaban J connectivity index is 2.18. The van der Waals surface area contributed by atoms with Crippen LogP contribution in [0.5, 0.6) is 0 Å². The van der Waals surface area contributed by atoms with Crippen LogP contribution in [0.4, 0.5) is 0 Å². The normalized spacial score (nSPS) is 11.1. The molecule has 0 aliphatic heterocycles. The summed E-state index contributed by atoms with van der Waals surface area (Å²) in [5.74, 6) is 1.39. The zero-order chi connectivity index (χ0) is 11.1. The minimum Gasteiger partial charge on any atom is -0.446 e. The van der Waals surface area contributed by atoms with Crippen molar-refractivity contribution < 1.29 is 4.42 Å². The standard InChI is InChI=1S/C11H8BrN3O/c1-6-4-7-10(13-5-6)15-11(14-7)8-2-3-9(12)16-8/h2-5H,1H3,(H,13,14,15). The lowest BCUT2D eigenvalue weighted by Crippen LogP contribution is -1.77. The Morgan fingerprint density at radius 3 is 3.00 bits per heavy atom. The highest BCUT2D eigenvalue weighted by molar-refractivity contribution is 9.10. The molecule has 3 rings (SSSR count). The van der Waals surface area contributed by atoms with Crippen molar-refractivity contribution in [3.05, 3.63) is 34.6 Å². The first-order valence-corrected chi connectivity index (χ1v) is 5.60. The van der Waals surface area contributed by atoms with Crippen LogP contribution in [0.2, 0.25) is 0 Å². The second kappa shape index (κ2) is 3.45. The number of imidazole rings is 1. The van der Waals surface area contributed by atoms with Crippen LogP contribution in [0.15, 0.2) is 33.5 Å². The molecule has 80 valence electrons. The number of rotatable bonds is 1. The van der Waals surface area contributed by atoms with E-state index >= 15 is 0 Å². The van der Waals surface area contributed by atoms with Crippen molar-refractivity contribution in [1.82, 2.24) is 15.0 Å². The van der Waals surface area contributed by atoms with Gasteiger partial charge in [-0.05, 0) is 46.6 Å². The highest BCUT2D eigenvalue weighted by atomic mass is 79.9. The summed E-state index contributed by atoms with van der Waals surface area (Å²) in [6, 6.07) is 5.70. The van der Waals surface area contributed by atoms with Gasteiger partial charge in [-0.25, -0.2) is 9.97 Å². The van der Waals surface area contributed by atoms with E-state index in [0.29, 0.717) is 21.9 Å². The van der Waals surface area contributed by atoms with Crippen LogP contribution in [0.3, 0.4) is 0 Å². The Hall–Kier alpha value is -1.62. The van der Waals surface area contributed by atoms with E-state index in [1.165, 1.54) is 0 Å². The second-order valence-corrected chi connectivity index (χ2v) is 4.35. The van der Waals surface area contributed by atoms with Crippen LogP contribution in [-0.4, -0.2) is 15.0 Å². The molecule has 16 heavy (non-hydrogen) atoms. The monoisotopic (exact) mass is 277 g/mol. The number of pyridine rings is 1. The highest BCUT2D eigenvalue weighted by Gasteiger charge is 2.09. The molecule has 3 aromatic rings. The van der Waals surface area contributed by atoms with Gasteiger partial charge in [-0.3, -0.25) is 0 Å². The molecule has 0 atom stereocenters. The molecule has 0 aliphatic carbocycles. The molecular formula is C11H8BrN3O. The summed E-state index contributed by atoms with van der Waals surface area (Å²) in [5, 5.41) is 0. The van der Waals surface area contributed by atoms with Crippen LogP contribution < -0.4 is 0 Å². The Morgan fingerprint density at radius 1 is 1.38 bits per heavy atom. The molecule has 3 aromatic heterocycles. The maximum Gasteiger partial charge on any atom is 0.178 e. The number of fused-ring (bicyclic) bond motifs is 1. The minimum atomic E-state index is 0.687. The molecule has 0 saturated heterocycles. The first-order valence-electron chi connectivity index (χ1n) is 4.80. The van der Waals surface area contributed by atoms with Gasteiger partial charge in [-0.2, -0.15) is 0 Å². The molecule has 0 bridgehead atoms. The number of aromatic amines is 1. The molecule has 0 saturated carbocycles. The quantitative estimate of drug-likeness (QED) is 0.743. The molecule has 0 spiro atoms. The summed E-state index contributed by atoms with van der Waals surface area (Å²) in [4.78, 5) is 11.8. The van der Waals surface area contributed by atoms with Crippen LogP contribution in [0.1, 0.15) is 5.56 Å². The number of aryl methyl sites for hydroxylation is 1. The van der Waals surface area contributed by atoms with Gasteiger partial charge in [0, 0.05) is 6.20 Å². The third-order valence-electron chi connectivity index (χ3n) is 2.28. The highest BCUT2D eigenvalue weighted by Crippen LogP contribution is 2.24. The third kappa shape index (κ3) is 1.53. The average molecular weight is 278 g/mol. The van der Waals surface area contributed by atoms with Crippen LogP contribution >= 0.6 is 15.9 Å². The number of nitrogens with one attached hydrogen (secondary N) is 1.